The van der Waals surface area contributed by atoms with E-state index in [-0.39, 0.29) is 0 Å². The average molecular weight is 766 g/mol. The molecule has 0 aliphatic rings. The second-order valence-corrected chi connectivity index (χ2v) is 15.3. The van der Waals surface area contributed by atoms with Crippen molar-refractivity contribution in [2.45, 2.75) is 0 Å². The fraction of sp³-hybridized carbons (Fsp3) is 0. The van der Waals surface area contributed by atoms with E-state index >= 15 is 0 Å². The van der Waals surface area contributed by atoms with Crippen LogP contribution in [0.1, 0.15) is 0 Å². The fourth-order valence-electron chi connectivity index (χ4n) is 8.66. The number of nitrogens with zero attached hydrogens (tertiary/aromatic N) is 1. The molecule has 11 aromatic rings. The molecule has 0 unspecified atom stereocenters. The van der Waals surface area contributed by atoms with Gasteiger partial charge in [0.1, 0.15) is 11.3 Å². The summed E-state index contributed by atoms with van der Waals surface area (Å²) in [6.45, 7) is 0. The fourth-order valence-corrected chi connectivity index (χ4v) is 8.66. The maximum atomic E-state index is 6.35. The Bertz CT molecular complexity index is 3260. The van der Waals surface area contributed by atoms with Gasteiger partial charge in [-0.1, -0.05) is 188 Å². The first-order chi connectivity index (χ1) is 29.7. The molecule has 0 bridgehead atoms. The normalized spacial score (nSPS) is 11.3. The molecule has 11 rings (SSSR count). The number of furan rings is 1. The third kappa shape index (κ3) is 6.51. The topological polar surface area (TPSA) is 16.4 Å². The number of hydrogen-bond acceptors (Lipinski definition) is 2. The first-order valence-corrected chi connectivity index (χ1v) is 20.5. The van der Waals surface area contributed by atoms with Gasteiger partial charge in [0.15, 0.2) is 0 Å². The van der Waals surface area contributed by atoms with E-state index in [0.717, 1.165) is 61.6 Å². The molecular weight excluding hydrogens is 727 g/mol. The number of benzene rings is 10. The zero-order valence-electron chi connectivity index (χ0n) is 32.9. The van der Waals surface area contributed by atoms with Crippen LogP contribution in [0.3, 0.4) is 0 Å². The van der Waals surface area contributed by atoms with Crippen LogP contribution in [-0.2, 0) is 0 Å². The summed E-state index contributed by atoms with van der Waals surface area (Å²) in [7, 11) is 0. The van der Waals surface area contributed by atoms with Crippen LogP contribution in [-0.4, -0.2) is 0 Å². The minimum absolute atomic E-state index is 0.865. The number of fused-ring (bicyclic) bond motifs is 4. The molecule has 0 saturated carbocycles. The van der Waals surface area contributed by atoms with Crippen LogP contribution in [0.5, 0.6) is 0 Å². The second-order valence-electron chi connectivity index (χ2n) is 15.3. The number of para-hydroxylation sites is 2. The van der Waals surface area contributed by atoms with Gasteiger partial charge in [-0.15, -0.1) is 0 Å². The summed E-state index contributed by atoms with van der Waals surface area (Å²) >= 11 is 0. The Hall–Kier alpha value is -7.94. The van der Waals surface area contributed by atoms with Gasteiger partial charge in [-0.05, 0) is 109 Å². The Morgan fingerprint density at radius 1 is 0.283 bits per heavy atom. The molecular formula is C58H39NO. The molecule has 0 spiro atoms. The predicted octanol–water partition coefficient (Wildman–Crippen LogP) is 16.5. The second kappa shape index (κ2) is 15.1. The third-order valence-corrected chi connectivity index (χ3v) is 11.7. The molecule has 2 nitrogen and oxygen atoms in total. The largest absolute Gasteiger partial charge is 0.456 e. The summed E-state index contributed by atoms with van der Waals surface area (Å²) in [6, 6.07) is 84.9. The molecule has 0 aliphatic heterocycles. The summed E-state index contributed by atoms with van der Waals surface area (Å²) in [5.74, 6) is 0.865. The lowest BCUT2D eigenvalue weighted by Gasteiger charge is -2.28. The molecule has 0 fully saturated rings. The Labute approximate surface area is 349 Å². The molecule has 0 atom stereocenters. The van der Waals surface area contributed by atoms with E-state index in [1.54, 1.807) is 0 Å². The van der Waals surface area contributed by atoms with Crippen molar-refractivity contribution in [3.05, 3.63) is 237 Å². The monoisotopic (exact) mass is 765 g/mol. The van der Waals surface area contributed by atoms with Gasteiger partial charge in [-0.25, -0.2) is 0 Å². The van der Waals surface area contributed by atoms with E-state index in [9.17, 15) is 0 Å². The first-order valence-electron chi connectivity index (χ1n) is 20.5. The summed E-state index contributed by atoms with van der Waals surface area (Å²) in [5, 5.41) is 6.16. The van der Waals surface area contributed by atoms with Gasteiger partial charge in [0.25, 0.3) is 0 Å². The van der Waals surface area contributed by atoms with Crippen LogP contribution in [0.25, 0.3) is 88.3 Å². The number of rotatable bonds is 8. The van der Waals surface area contributed by atoms with Gasteiger partial charge in [-0.2, -0.15) is 0 Å². The molecule has 0 saturated heterocycles. The predicted molar refractivity (Wildman–Crippen MR) is 253 cm³/mol. The van der Waals surface area contributed by atoms with Crippen LogP contribution in [0.15, 0.2) is 241 Å². The number of anilines is 3. The van der Waals surface area contributed by atoms with Crippen molar-refractivity contribution in [1.29, 1.82) is 0 Å². The van der Waals surface area contributed by atoms with Crippen molar-refractivity contribution < 1.29 is 4.42 Å². The smallest absolute Gasteiger partial charge is 0.136 e. The molecule has 2 heteroatoms. The van der Waals surface area contributed by atoms with Crippen LogP contribution in [0, 0.1) is 0 Å². The van der Waals surface area contributed by atoms with Gasteiger partial charge in [0, 0.05) is 27.9 Å². The quantitative estimate of drug-likeness (QED) is 0.143. The van der Waals surface area contributed by atoms with Gasteiger partial charge in [-0.3, -0.25) is 0 Å². The zero-order chi connectivity index (χ0) is 39.8. The van der Waals surface area contributed by atoms with Crippen LogP contribution >= 0.6 is 0 Å². The zero-order valence-corrected chi connectivity index (χ0v) is 32.9. The molecule has 0 N–H and O–H groups in total. The molecule has 0 radical (unpaired) electrons. The highest BCUT2D eigenvalue weighted by Gasteiger charge is 2.19. The maximum Gasteiger partial charge on any atom is 0.136 e. The standard InChI is InChI=1S/C58H39NO/c1-2-12-40(13-3-1)41-22-24-45(25-23-41)54-18-9-10-20-56(54)59(49-33-28-42(29-34-49)46-32-37-53-47(38-46)27-26-43-14-4-6-16-51(43)53)50-35-30-44(31-36-50)52-17-7-8-19-55(52)58-39-48-15-5-11-21-57(48)60-58/h1-39H. The van der Waals surface area contributed by atoms with Crippen molar-refractivity contribution in [1.82, 2.24) is 0 Å². The van der Waals surface area contributed by atoms with Gasteiger partial charge >= 0.3 is 0 Å². The van der Waals surface area contributed by atoms with Crippen LogP contribution in [0.2, 0.25) is 0 Å². The van der Waals surface area contributed by atoms with Crippen molar-refractivity contribution >= 4 is 49.6 Å². The maximum absolute atomic E-state index is 6.35. The average Bonchev–Trinajstić information content (AvgIpc) is 3.77. The van der Waals surface area contributed by atoms with E-state index in [1.165, 1.54) is 43.8 Å². The molecule has 1 heterocycles. The highest BCUT2D eigenvalue weighted by molar-refractivity contribution is 6.08. The summed E-state index contributed by atoms with van der Waals surface area (Å²) in [5.41, 5.74) is 14.6. The van der Waals surface area contributed by atoms with Crippen LogP contribution < -0.4 is 4.90 Å². The summed E-state index contributed by atoms with van der Waals surface area (Å²) in [4.78, 5) is 2.38. The van der Waals surface area contributed by atoms with E-state index < -0.39 is 0 Å². The highest BCUT2D eigenvalue weighted by atomic mass is 16.3. The first kappa shape index (κ1) is 35.2. The third-order valence-electron chi connectivity index (χ3n) is 11.7. The minimum Gasteiger partial charge on any atom is -0.456 e. The van der Waals surface area contributed by atoms with E-state index in [2.05, 4.69) is 223 Å². The van der Waals surface area contributed by atoms with Crippen molar-refractivity contribution in [3.63, 3.8) is 0 Å². The van der Waals surface area contributed by atoms with E-state index in [0.29, 0.717) is 0 Å². The van der Waals surface area contributed by atoms with Crippen molar-refractivity contribution in [2.24, 2.45) is 0 Å². The number of hydrogen-bond donors (Lipinski definition) is 0. The lowest BCUT2D eigenvalue weighted by atomic mass is 9.96. The Morgan fingerprint density at radius 2 is 0.783 bits per heavy atom. The molecule has 1 aromatic heterocycles. The SMILES string of the molecule is c1ccc(-c2ccc(-c3ccccc3N(c3ccc(-c4ccc5c(ccc6ccccc65)c4)cc3)c3ccc(-c4ccccc4-c4cc5ccccc5o4)cc3)cc2)cc1. The minimum atomic E-state index is 0.865. The van der Waals surface area contributed by atoms with E-state index in [4.69, 9.17) is 4.42 Å². The van der Waals surface area contributed by atoms with Gasteiger partial charge in [0.05, 0.1) is 5.69 Å². The Morgan fingerprint density at radius 3 is 1.55 bits per heavy atom. The van der Waals surface area contributed by atoms with E-state index in [1.807, 2.05) is 18.2 Å². The van der Waals surface area contributed by atoms with Gasteiger partial charge < -0.3 is 9.32 Å². The lowest BCUT2D eigenvalue weighted by Crippen LogP contribution is -2.11. The molecule has 0 aliphatic carbocycles. The van der Waals surface area contributed by atoms with Crippen molar-refractivity contribution in [3.8, 4) is 55.8 Å². The highest BCUT2D eigenvalue weighted by Crippen LogP contribution is 2.43. The molecule has 60 heavy (non-hydrogen) atoms. The lowest BCUT2D eigenvalue weighted by molar-refractivity contribution is 0.632. The van der Waals surface area contributed by atoms with Gasteiger partial charge in [0.2, 0.25) is 0 Å². The molecule has 0 amide bonds. The van der Waals surface area contributed by atoms with Crippen molar-refractivity contribution in [2.75, 3.05) is 4.90 Å². The Balaban J connectivity index is 0.995. The summed E-state index contributed by atoms with van der Waals surface area (Å²) in [6.07, 6.45) is 0. The molecule has 10 aromatic carbocycles. The van der Waals surface area contributed by atoms with Crippen LogP contribution in [0.4, 0.5) is 17.1 Å². The Kier molecular flexibility index (Phi) is 8.87. The summed E-state index contributed by atoms with van der Waals surface area (Å²) < 4.78 is 6.35. The molecule has 282 valence electrons.